The average molecular weight is 236 g/mol. The second kappa shape index (κ2) is 5.48. The van der Waals surface area contributed by atoms with E-state index in [1.54, 1.807) is 12.1 Å². The molecule has 1 aromatic rings. The van der Waals surface area contributed by atoms with Crippen molar-refractivity contribution in [3.63, 3.8) is 0 Å². The minimum absolute atomic E-state index is 0.0287. The summed E-state index contributed by atoms with van der Waals surface area (Å²) in [6, 6.07) is 3.36. The third kappa shape index (κ3) is 2.84. The van der Waals surface area contributed by atoms with Crippen LogP contribution >= 0.6 is 0 Å². The van der Waals surface area contributed by atoms with Gasteiger partial charge in [-0.2, -0.15) is 0 Å². The van der Waals surface area contributed by atoms with Crippen molar-refractivity contribution < 1.29 is 19.1 Å². The van der Waals surface area contributed by atoms with E-state index in [9.17, 15) is 9.59 Å². The molecule has 0 atom stereocenters. The number of Topliss-reactive ketones (excluding diaryl/α,β-unsaturated/α-hetero) is 2. The first-order valence-corrected chi connectivity index (χ1v) is 5.25. The molecule has 0 aliphatic carbocycles. The summed E-state index contributed by atoms with van der Waals surface area (Å²) in [4.78, 5) is 22.9. The normalized spacial score (nSPS) is 9.88. The first-order valence-electron chi connectivity index (χ1n) is 5.25. The largest absolute Gasteiger partial charge is 0.496 e. The molecule has 4 heteroatoms. The van der Waals surface area contributed by atoms with Crippen LogP contribution in [-0.2, 0) is 11.2 Å². The second-order valence-corrected chi connectivity index (χ2v) is 3.76. The van der Waals surface area contributed by atoms with Crippen LogP contribution in [0.4, 0.5) is 0 Å². The van der Waals surface area contributed by atoms with Crippen LogP contribution in [0.25, 0.3) is 0 Å². The highest BCUT2D eigenvalue weighted by atomic mass is 16.5. The highest BCUT2D eigenvalue weighted by Crippen LogP contribution is 2.31. The smallest absolute Gasteiger partial charge is 0.163 e. The molecule has 1 aromatic carbocycles. The van der Waals surface area contributed by atoms with Crippen LogP contribution in [0.2, 0.25) is 0 Å². The maximum absolute atomic E-state index is 11.6. The number of rotatable bonds is 5. The van der Waals surface area contributed by atoms with E-state index in [0.29, 0.717) is 22.6 Å². The summed E-state index contributed by atoms with van der Waals surface area (Å²) in [6.07, 6.45) is 0.162. The van der Waals surface area contributed by atoms with Gasteiger partial charge in [0.25, 0.3) is 0 Å². The Morgan fingerprint density at radius 1 is 1.06 bits per heavy atom. The van der Waals surface area contributed by atoms with E-state index >= 15 is 0 Å². The summed E-state index contributed by atoms with van der Waals surface area (Å²) in [5.74, 6) is 0.830. The fourth-order valence-corrected chi connectivity index (χ4v) is 1.78. The van der Waals surface area contributed by atoms with Crippen LogP contribution in [0, 0.1) is 0 Å². The van der Waals surface area contributed by atoms with Gasteiger partial charge in [0.15, 0.2) is 5.78 Å². The molecule has 92 valence electrons. The molecule has 0 amide bonds. The zero-order valence-electron chi connectivity index (χ0n) is 10.5. The molecule has 1 rings (SSSR count). The van der Waals surface area contributed by atoms with Crippen molar-refractivity contribution in [2.45, 2.75) is 20.3 Å². The minimum atomic E-state index is -0.142. The molecular formula is C13H16O4. The first-order chi connectivity index (χ1) is 8.01. The lowest BCUT2D eigenvalue weighted by molar-refractivity contribution is -0.116. The van der Waals surface area contributed by atoms with Crippen molar-refractivity contribution in [3.8, 4) is 11.5 Å². The van der Waals surface area contributed by atoms with E-state index in [2.05, 4.69) is 0 Å². The van der Waals surface area contributed by atoms with E-state index in [-0.39, 0.29) is 18.0 Å². The maximum Gasteiger partial charge on any atom is 0.163 e. The van der Waals surface area contributed by atoms with Gasteiger partial charge in [0.05, 0.1) is 19.8 Å². The summed E-state index contributed by atoms with van der Waals surface area (Å²) in [5.41, 5.74) is 1.01. The number of hydrogen-bond acceptors (Lipinski definition) is 4. The van der Waals surface area contributed by atoms with Gasteiger partial charge in [-0.15, -0.1) is 0 Å². The number of benzene rings is 1. The Morgan fingerprint density at radius 3 is 2.00 bits per heavy atom. The molecule has 0 saturated heterocycles. The van der Waals surface area contributed by atoms with Crippen LogP contribution in [0.1, 0.15) is 29.8 Å². The number of ether oxygens (including phenoxy) is 2. The topological polar surface area (TPSA) is 52.6 Å². The maximum atomic E-state index is 11.6. The van der Waals surface area contributed by atoms with Gasteiger partial charge in [0.2, 0.25) is 0 Å². The molecule has 0 aromatic heterocycles. The average Bonchev–Trinajstić information content (AvgIpc) is 2.27. The summed E-state index contributed by atoms with van der Waals surface area (Å²) < 4.78 is 10.3. The standard InChI is InChI=1S/C13H16O4/c1-8(14)7-10-11(16-3)5-6-12(17-4)13(10)9(2)15/h5-6H,7H2,1-4H3. The molecule has 0 spiro atoms. The fraction of sp³-hybridized carbons (Fsp3) is 0.385. The predicted octanol–water partition coefficient (Wildman–Crippen LogP) is 2.04. The summed E-state index contributed by atoms with van der Waals surface area (Å²) >= 11 is 0. The third-order valence-electron chi connectivity index (χ3n) is 2.45. The minimum Gasteiger partial charge on any atom is -0.496 e. The van der Waals surface area contributed by atoms with Crippen molar-refractivity contribution in [1.82, 2.24) is 0 Å². The number of ketones is 2. The van der Waals surface area contributed by atoms with Gasteiger partial charge in [-0.1, -0.05) is 0 Å². The Morgan fingerprint density at radius 2 is 1.59 bits per heavy atom. The Kier molecular flexibility index (Phi) is 4.26. The van der Waals surface area contributed by atoms with E-state index in [1.165, 1.54) is 28.1 Å². The Hall–Kier alpha value is -1.84. The number of carbonyl (C=O) groups excluding carboxylic acids is 2. The van der Waals surface area contributed by atoms with E-state index in [1.807, 2.05) is 0 Å². The third-order valence-corrected chi connectivity index (χ3v) is 2.45. The molecule has 17 heavy (non-hydrogen) atoms. The van der Waals surface area contributed by atoms with Crippen molar-refractivity contribution in [2.24, 2.45) is 0 Å². The molecule has 4 nitrogen and oxygen atoms in total. The van der Waals surface area contributed by atoms with Gasteiger partial charge in [-0.05, 0) is 26.0 Å². The van der Waals surface area contributed by atoms with Crippen LogP contribution in [0.5, 0.6) is 11.5 Å². The lowest BCUT2D eigenvalue weighted by Gasteiger charge is -2.14. The molecule has 0 saturated carbocycles. The van der Waals surface area contributed by atoms with Crippen LogP contribution < -0.4 is 9.47 Å². The van der Waals surface area contributed by atoms with Crippen molar-refractivity contribution in [2.75, 3.05) is 14.2 Å². The molecule has 0 radical (unpaired) electrons. The van der Waals surface area contributed by atoms with Crippen molar-refractivity contribution in [3.05, 3.63) is 23.3 Å². The van der Waals surface area contributed by atoms with Gasteiger partial charge < -0.3 is 9.47 Å². The molecule has 0 N–H and O–H groups in total. The molecule has 0 heterocycles. The molecular weight excluding hydrogens is 220 g/mol. The summed E-state index contributed by atoms with van der Waals surface area (Å²) in [7, 11) is 3.00. The van der Waals surface area contributed by atoms with Crippen LogP contribution in [-0.4, -0.2) is 25.8 Å². The lowest BCUT2D eigenvalue weighted by atomic mass is 9.98. The summed E-state index contributed by atoms with van der Waals surface area (Å²) in [6.45, 7) is 2.92. The Bertz CT molecular complexity index is 449. The quantitative estimate of drug-likeness (QED) is 0.734. The first kappa shape index (κ1) is 13.2. The van der Waals surface area contributed by atoms with Crippen LogP contribution in [0.15, 0.2) is 12.1 Å². The van der Waals surface area contributed by atoms with Crippen molar-refractivity contribution >= 4 is 11.6 Å². The molecule has 0 unspecified atom stereocenters. The van der Waals surface area contributed by atoms with Gasteiger partial charge in [-0.3, -0.25) is 9.59 Å². The molecule has 0 aliphatic rings. The van der Waals surface area contributed by atoms with Gasteiger partial charge in [0.1, 0.15) is 17.3 Å². The SMILES string of the molecule is COc1ccc(OC)c(C(C)=O)c1CC(C)=O. The Balaban J connectivity index is 3.46. The highest BCUT2D eigenvalue weighted by molar-refractivity contribution is 6.00. The number of carbonyl (C=O) groups is 2. The highest BCUT2D eigenvalue weighted by Gasteiger charge is 2.19. The molecule has 0 fully saturated rings. The Labute approximate surface area is 101 Å². The second-order valence-electron chi connectivity index (χ2n) is 3.76. The number of methoxy groups -OCH3 is 2. The van der Waals surface area contributed by atoms with E-state index in [4.69, 9.17) is 9.47 Å². The molecule has 0 bridgehead atoms. The van der Waals surface area contributed by atoms with Crippen molar-refractivity contribution in [1.29, 1.82) is 0 Å². The molecule has 0 aliphatic heterocycles. The fourth-order valence-electron chi connectivity index (χ4n) is 1.78. The van der Waals surface area contributed by atoms with Gasteiger partial charge in [0, 0.05) is 12.0 Å². The summed E-state index contributed by atoms with van der Waals surface area (Å²) in [5, 5.41) is 0. The monoisotopic (exact) mass is 236 g/mol. The number of hydrogen-bond donors (Lipinski definition) is 0. The van der Waals surface area contributed by atoms with Crippen LogP contribution in [0.3, 0.4) is 0 Å². The van der Waals surface area contributed by atoms with Gasteiger partial charge >= 0.3 is 0 Å². The predicted molar refractivity (Wildman–Crippen MR) is 63.9 cm³/mol. The van der Waals surface area contributed by atoms with E-state index in [0.717, 1.165) is 0 Å². The zero-order valence-corrected chi connectivity index (χ0v) is 10.5. The zero-order chi connectivity index (χ0) is 13.0. The van der Waals surface area contributed by atoms with E-state index < -0.39 is 0 Å². The van der Waals surface area contributed by atoms with Gasteiger partial charge in [-0.25, -0.2) is 0 Å². The lowest BCUT2D eigenvalue weighted by Crippen LogP contribution is -2.08.